The Kier molecular flexibility index (Phi) is 6.27. The lowest BCUT2D eigenvalue weighted by Gasteiger charge is -2.16. The average Bonchev–Trinajstić information content (AvgIpc) is 3.19. The molecule has 30 heavy (non-hydrogen) atoms. The summed E-state index contributed by atoms with van der Waals surface area (Å²) in [6, 6.07) is 8.50. The summed E-state index contributed by atoms with van der Waals surface area (Å²) in [5.41, 5.74) is 9.14. The van der Waals surface area contributed by atoms with Crippen LogP contribution in [0.15, 0.2) is 68.3 Å². The smallest absolute Gasteiger partial charge is 0.0534 e. The fourth-order valence-corrected chi connectivity index (χ4v) is 4.25. The van der Waals surface area contributed by atoms with Gasteiger partial charge in [-0.05, 0) is 50.6 Å². The molecule has 0 spiro atoms. The second kappa shape index (κ2) is 8.87. The van der Waals surface area contributed by atoms with Gasteiger partial charge in [0.25, 0.3) is 0 Å². The molecule has 0 N–H and O–H groups in total. The third-order valence-electron chi connectivity index (χ3n) is 5.58. The second-order valence-corrected chi connectivity index (χ2v) is 7.16. The van der Waals surface area contributed by atoms with Crippen molar-refractivity contribution in [2.45, 2.75) is 20.8 Å². The lowest BCUT2D eigenvalue weighted by atomic mass is 10.1. The summed E-state index contributed by atoms with van der Waals surface area (Å²) in [6.45, 7) is 18.3. The third-order valence-corrected chi connectivity index (χ3v) is 5.58. The van der Waals surface area contributed by atoms with Crippen molar-refractivity contribution in [2.24, 2.45) is 7.05 Å². The summed E-state index contributed by atoms with van der Waals surface area (Å²) < 4.78 is 4.53. The number of nitrogens with zero attached hydrogens (tertiary/aromatic N) is 2. The van der Waals surface area contributed by atoms with Crippen LogP contribution < -0.4 is 0 Å². The van der Waals surface area contributed by atoms with Gasteiger partial charge in [-0.1, -0.05) is 68.3 Å². The number of hydrogen-bond donors (Lipinski definition) is 0. The van der Waals surface area contributed by atoms with Crippen LogP contribution in [0.2, 0.25) is 0 Å². The molecule has 0 fully saturated rings. The van der Waals surface area contributed by atoms with E-state index in [1.807, 2.05) is 31.2 Å². The molecule has 0 bridgehead atoms. The van der Waals surface area contributed by atoms with Crippen LogP contribution >= 0.6 is 0 Å². The van der Waals surface area contributed by atoms with Crippen LogP contribution in [0.25, 0.3) is 40.9 Å². The molecule has 0 aliphatic rings. The Bertz CT molecular complexity index is 1220. The molecule has 2 aromatic heterocycles. The molecule has 3 aromatic rings. The van der Waals surface area contributed by atoms with Crippen molar-refractivity contribution in [1.82, 2.24) is 9.13 Å². The summed E-state index contributed by atoms with van der Waals surface area (Å²) >= 11 is 0. The molecule has 152 valence electrons. The Labute approximate surface area is 180 Å². The predicted octanol–water partition coefficient (Wildman–Crippen LogP) is 7.72. The minimum absolute atomic E-state index is 1.10. The fraction of sp³-hybridized carbons (Fsp3) is 0.143. The van der Waals surface area contributed by atoms with Crippen LogP contribution in [0, 0.1) is 6.92 Å². The minimum Gasteiger partial charge on any atom is -0.344 e. The number of aryl methyl sites for hydroxylation is 1. The number of benzene rings is 1. The maximum absolute atomic E-state index is 4.11. The van der Waals surface area contributed by atoms with E-state index < -0.39 is 0 Å². The monoisotopic (exact) mass is 394 g/mol. The van der Waals surface area contributed by atoms with Gasteiger partial charge in [0.15, 0.2) is 0 Å². The largest absolute Gasteiger partial charge is 0.344 e. The molecule has 0 aliphatic carbocycles. The van der Waals surface area contributed by atoms with Gasteiger partial charge in [0.05, 0.1) is 17.1 Å². The normalized spacial score (nSPS) is 12.3. The lowest BCUT2D eigenvalue weighted by Crippen LogP contribution is -2.05. The van der Waals surface area contributed by atoms with Gasteiger partial charge in [0.1, 0.15) is 0 Å². The molecule has 0 saturated heterocycles. The summed E-state index contributed by atoms with van der Waals surface area (Å²) in [5, 5.41) is 1.21. The van der Waals surface area contributed by atoms with E-state index in [0.29, 0.717) is 0 Å². The van der Waals surface area contributed by atoms with E-state index in [1.165, 1.54) is 22.0 Å². The molecule has 3 rings (SSSR count). The van der Waals surface area contributed by atoms with Crippen LogP contribution in [-0.4, -0.2) is 9.13 Å². The first kappa shape index (κ1) is 21.2. The zero-order valence-corrected chi connectivity index (χ0v) is 18.4. The van der Waals surface area contributed by atoms with E-state index in [2.05, 4.69) is 98.3 Å². The van der Waals surface area contributed by atoms with E-state index >= 15 is 0 Å². The molecule has 2 heterocycles. The standard InChI is InChI=1S/C28H30N2/c1-8-13-18-25-20(6)21(10-3)27(16-9-2)30(25)24(12-5)28-22-17-14-15-19-26(22)29(7)23(28)11-4/h8-19H,1,3-4H2,2,5-7H3/b16-9-,18-13-,24-12+. The highest BCUT2D eigenvalue weighted by molar-refractivity contribution is 5.98. The summed E-state index contributed by atoms with van der Waals surface area (Å²) in [6.07, 6.45) is 16.2. The third kappa shape index (κ3) is 3.25. The van der Waals surface area contributed by atoms with Crippen molar-refractivity contribution < 1.29 is 0 Å². The number of rotatable bonds is 7. The lowest BCUT2D eigenvalue weighted by molar-refractivity contribution is 0.948. The molecule has 1 aromatic carbocycles. The quantitative estimate of drug-likeness (QED) is 0.363. The SMILES string of the molecule is C=C/C=C\c1c(C)c(C=C)c(/C=C\C)n1/C(=C/C)c1c(C=C)n(C)c2ccccc12. The van der Waals surface area contributed by atoms with E-state index in [-0.39, 0.29) is 0 Å². The Morgan fingerprint density at radius 1 is 0.933 bits per heavy atom. The zero-order chi connectivity index (χ0) is 21.8. The van der Waals surface area contributed by atoms with Crippen LogP contribution in [0.3, 0.4) is 0 Å². The van der Waals surface area contributed by atoms with Crippen LogP contribution in [-0.2, 0) is 7.05 Å². The van der Waals surface area contributed by atoms with Gasteiger partial charge in [0.2, 0.25) is 0 Å². The Morgan fingerprint density at radius 2 is 1.67 bits per heavy atom. The molecule has 0 saturated carbocycles. The van der Waals surface area contributed by atoms with Gasteiger partial charge in [-0.15, -0.1) is 0 Å². The molecule has 2 nitrogen and oxygen atoms in total. The van der Waals surface area contributed by atoms with Gasteiger partial charge >= 0.3 is 0 Å². The Hall–Kier alpha value is -3.52. The van der Waals surface area contributed by atoms with Crippen LogP contribution in [0.5, 0.6) is 0 Å². The molecule has 0 radical (unpaired) electrons. The van der Waals surface area contributed by atoms with Crippen LogP contribution in [0.4, 0.5) is 0 Å². The number of aromatic nitrogens is 2. The van der Waals surface area contributed by atoms with Crippen molar-refractivity contribution in [3.8, 4) is 0 Å². The van der Waals surface area contributed by atoms with Gasteiger partial charge < -0.3 is 9.13 Å². The van der Waals surface area contributed by atoms with Gasteiger partial charge in [-0.3, -0.25) is 0 Å². The number of hydrogen-bond acceptors (Lipinski definition) is 0. The van der Waals surface area contributed by atoms with Crippen molar-refractivity contribution in [3.05, 3.63) is 102 Å². The zero-order valence-electron chi connectivity index (χ0n) is 18.4. The summed E-state index contributed by atoms with van der Waals surface area (Å²) in [7, 11) is 2.09. The van der Waals surface area contributed by atoms with E-state index in [1.54, 1.807) is 0 Å². The Morgan fingerprint density at radius 3 is 2.27 bits per heavy atom. The van der Waals surface area contributed by atoms with Gasteiger partial charge in [-0.25, -0.2) is 0 Å². The second-order valence-electron chi connectivity index (χ2n) is 7.16. The van der Waals surface area contributed by atoms with Crippen molar-refractivity contribution in [3.63, 3.8) is 0 Å². The minimum atomic E-state index is 1.10. The van der Waals surface area contributed by atoms with E-state index in [0.717, 1.165) is 28.3 Å². The van der Waals surface area contributed by atoms with Crippen molar-refractivity contribution in [2.75, 3.05) is 0 Å². The van der Waals surface area contributed by atoms with Gasteiger partial charge in [0, 0.05) is 34.8 Å². The Balaban J connectivity index is 2.50. The topological polar surface area (TPSA) is 9.86 Å². The molecular weight excluding hydrogens is 364 g/mol. The highest BCUT2D eigenvalue weighted by Gasteiger charge is 2.23. The number of para-hydroxylation sites is 1. The molecule has 0 atom stereocenters. The highest BCUT2D eigenvalue weighted by atomic mass is 15.0. The molecular formula is C28H30N2. The maximum atomic E-state index is 4.11. The molecule has 0 amide bonds. The number of allylic oxidation sites excluding steroid dienone is 4. The fourth-order valence-electron chi connectivity index (χ4n) is 4.25. The van der Waals surface area contributed by atoms with Gasteiger partial charge in [-0.2, -0.15) is 0 Å². The average molecular weight is 395 g/mol. The maximum Gasteiger partial charge on any atom is 0.0534 e. The summed E-state index contributed by atoms with van der Waals surface area (Å²) in [5.74, 6) is 0. The van der Waals surface area contributed by atoms with Crippen LogP contribution in [0.1, 0.15) is 47.6 Å². The highest BCUT2D eigenvalue weighted by Crippen LogP contribution is 2.37. The first-order chi connectivity index (χ1) is 14.5. The molecule has 0 unspecified atom stereocenters. The summed E-state index contributed by atoms with van der Waals surface area (Å²) in [4.78, 5) is 0. The molecule has 0 aliphatic heterocycles. The first-order valence-corrected chi connectivity index (χ1v) is 10.2. The van der Waals surface area contributed by atoms with E-state index in [9.17, 15) is 0 Å². The number of fused-ring (bicyclic) bond motifs is 1. The van der Waals surface area contributed by atoms with Crippen molar-refractivity contribution in [1.29, 1.82) is 0 Å². The molecule has 2 heteroatoms. The first-order valence-electron chi connectivity index (χ1n) is 10.2. The van der Waals surface area contributed by atoms with Crippen molar-refractivity contribution >= 4 is 40.9 Å². The predicted molar refractivity (Wildman–Crippen MR) is 135 cm³/mol. The van der Waals surface area contributed by atoms with E-state index in [4.69, 9.17) is 0 Å².